The molecule has 0 aromatic carbocycles. The van der Waals surface area contributed by atoms with Crippen LogP contribution in [0, 0.1) is 11.8 Å². The van der Waals surface area contributed by atoms with Crippen molar-refractivity contribution in [3.8, 4) is 0 Å². The van der Waals surface area contributed by atoms with E-state index in [0.29, 0.717) is 77.3 Å². The van der Waals surface area contributed by atoms with Gasteiger partial charge in [0.25, 0.3) is 0 Å². The van der Waals surface area contributed by atoms with Crippen LogP contribution in [-0.2, 0) is 0 Å². The van der Waals surface area contributed by atoms with E-state index < -0.39 is 140 Å². The van der Waals surface area contributed by atoms with Crippen molar-refractivity contribution in [2.45, 2.75) is 410 Å². The van der Waals surface area contributed by atoms with E-state index in [1.807, 2.05) is 186 Å². The van der Waals surface area contributed by atoms with E-state index in [1.54, 1.807) is 0 Å². The lowest BCUT2D eigenvalue weighted by atomic mass is 9.88. The minimum atomic E-state index is -0.976. The molecule has 14 atom stereocenters. The summed E-state index contributed by atoms with van der Waals surface area (Å²) in [4.78, 5) is 12.3. The summed E-state index contributed by atoms with van der Waals surface area (Å²) in [6, 6.07) is 0. The van der Waals surface area contributed by atoms with Crippen LogP contribution in [0.3, 0.4) is 0 Å². The number of rotatable bonds is 59. The molecule has 26 heteroatoms. The Labute approximate surface area is 646 Å². The smallest absolute Gasteiger partial charge is 0.0684 e. The van der Waals surface area contributed by atoms with Gasteiger partial charge in [0.1, 0.15) is 0 Å². The molecule has 0 radical (unpaired) electrons. The lowest BCUT2D eigenvalue weighted by Gasteiger charge is -2.44. The molecule has 0 bridgehead atoms. The highest BCUT2D eigenvalue weighted by atomic mass is 16.3. The second-order valence-corrected chi connectivity index (χ2v) is 42.1. The maximum Gasteiger partial charge on any atom is 0.0684 e. The summed E-state index contributed by atoms with van der Waals surface area (Å²) in [6.45, 7) is 52.6. The Hall–Kier alpha value is -1.04. The summed E-state index contributed by atoms with van der Waals surface area (Å²) in [6.07, 6.45) is -6.14. The summed E-state index contributed by atoms with van der Waals surface area (Å²) < 4.78 is 0. The topological polar surface area (TPSA) is 470 Å². The quantitative estimate of drug-likeness (QED) is 0.0416. The van der Waals surface area contributed by atoms with E-state index >= 15 is 0 Å². The number of hydrogen-bond acceptors (Lipinski definition) is 26. The molecule has 0 amide bonds. The zero-order valence-electron chi connectivity index (χ0n) is 72.6. The van der Waals surface area contributed by atoms with Crippen molar-refractivity contribution < 1.29 is 61.3 Å². The Morgan fingerprint density at radius 2 is 0.358 bits per heavy atom. The van der Waals surface area contributed by atoms with E-state index in [1.165, 1.54) is 0 Å². The minimum absolute atomic E-state index is 0.0149. The fourth-order valence-corrected chi connectivity index (χ4v) is 16.2. The van der Waals surface area contributed by atoms with Gasteiger partial charge in [-0.1, -0.05) is 20.3 Å². The number of aliphatic hydroxyl groups excluding tert-OH is 12. The van der Waals surface area contributed by atoms with Gasteiger partial charge in [-0.15, -0.1) is 0 Å². The minimum Gasteiger partial charge on any atom is -0.392 e. The molecule has 0 aliphatic carbocycles. The Morgan fingerprint density at radius 1 is 0.217 bits per heavy atom. The van der Waals surface area contributed by atoms with Crippen LogP contribution in [0.2, 0.25) is 0 Å². The number of hydrogen-bond donors (Lipinski definition) is 20. The fourth-order valence-electron chi connectivity index (χ4n) is 16.2. The third kappa shape index (κ3) is 50.9. The first-order valence-electron chi connectivity index (χ1n) is 40.1. The molecule has 0 heterocycles. The standard InChI is InChI=1S/C80H176N14O12/c1-27-56(42-90(45-67(105)39-79(23,24)93(51-61(99)33-73(11,12)85)52-62(100)34-74(13,14)86)46-68(106)40-80(25,26)94(53-63(101)35-75(15,16)87)54-64(102)36-76(17,18)88)28-55(2)41-89(43-65(103)37-77(19,20)91(47-57(95)29-69(3,4)81)48-58(96)30-70(5,6)82)44-66(104)38-78(21,22)92(49-59(97)31-71(7,8)83)50-60(98)32-72(9,10)84/h55-68,95-106H,27-54,81-88H2,1-26H3. The molecule has 0 saturated carbocycles. The van der Waals surface area contributed by atoms with Gasteiger partial charge in [-0.25, -0.2) is 0 Å². The van der Waals surface area contributed by atoms with Crippen molar-refractivity contribution >= 4 is 0 Å². The first kappa shape index (κ1) is 105. The van der Waals surface area contributed by atoms with Crippen LogP contribution in [0.4, 0.5) is 0 Å². The molecular weight excluding hydrogens is 1350 g/mol. The molecule has 26 nitrogen and oxygen atoms in total. The second-order valence-electron chi connectivity index (χ2n) is 42.1. The third-order valence-corrected chi connectivity index (χ3v) is 20.2. The lowest BCUT2D eigenvalue weighted by molar-refractivity contribution is -0.0353. The van der Waals surface area contributed by atoms with Crippen LogP contribution >= 0.6 is 0 Å². The number of nitrogens with zero attached hydrogens (tertiary/aromatic N) is 6. The van der Waals surface area contributed by atoms with E-state index in [-0.39, 0.29) is 116 Å². The molecule has 0 spiro atoms. The van der Waals surface area contributed by atoms with Gasteiger partial charge in [-0.2, -0.15) is 0 Å². The lowest BCUT2D eigenvalue weighted by Crippen LogP contribution is -2.55. The van der Waals surface area contributed by atoms with Gasteiger partial charge in [0.15, 0.2) is 0 Å². The van der Waals surface area contributed by atoms with Crippen LogP contribution in [-0.4, -0.2) is 322 Å². The van der Waals surface area contributed by atoms with E-state index in [9.17, 15) is 61.3 Å². The normalized spacial score (nSPS) is 18.6. The second kappa shape index (κ2) is 43.6. The first-order chi connectivity index (χ1) is 47.2. The van der Waals surface area contributed by atoms with Gasteiger partial charge >= 0.3 is 0 Å². The number of β-amino-alcohol motifs (C(OH)–C–C–N with tert-alkyl or cyclic N) is 8. The molecular formula is C80H176N14O12. The maximum atomic E-state index is 12.6. The van der Waals surface area contributed by atoms with Crippen LogP contribution < -0.4 is 45.9 Å². The van der Waals surface area contributed by atoms with Crippen molar-refractivity contribution in [3.05, 3.63) is 0 Å². The number of aliphatic hydroxyl groups is 12. The molecule has 0 aromatic heterocycles. The fraction of sp³-hybridized carbons (Fsp3) is 1.00. The summed E-state index contributed by atoms with van der Waals surface area (Å²) >= 11 is 0. The van der Waals surface area contributed by atoms with Crippen molar-refractivity contribution in [2.24, 2.45) is 57.7 Å². The Bertz CT molecular complexity index is 2120. The van der Waals surface area contributed by atoms with Crippen molar-refractivity contribution in [3.63, 3.8) is 0 Å². The molecule has 28 N–H and O–H groups in total. The molecule has 0 rings (SSSR count). The van der Waals surface area contributed by atoms with E-state index in [4.69, 9.17) is 45.9 Å². The summed E-state index contributed by atoms with van der Waals surface area (Å²) in [5, 5.41) is 142. The average molecular weight is 1530 g/mol. The van der Waals surface area contributed by atoms with Gasteiger partial charge in [0.05, 0.1) is 73.2 Å². The van der Waals surface area contributed by atoms with Gasteiger partial charge in [0.2, 0.25) is 0 Å². The van der Waals surface area contributed by atoms with Crippen molar-refractivity contribution in [2.75, 3.05) is 91.6 Å². The molecule has 14 unspecified atom stereocenters. The molecule has 638 valence electrons. The van der Waals surface area contributed by atoms with Crippen LogP contribution in [0.15, 0.2) is 0 Å². The predicted molar refractivity (Wildman–Crippen MR) is 437 cm³/mol. The Balaban J connectivity index is 8.13. The van der Waals surface area contributed by atoms with Gasteiger partial charge in [-0.05, 0) is 261 Å². The highest BCUT2D eigenvalue weighted by molar-refractivity contribution is 4.97. The first-order valence-corrected chi connectivity index (χ1v) is 40.1. The van der Waals surface area contributed by atoms with Gasteiger partial charge in [0, 0.05) is 158 Å². The molecule has 0 aromatic rings. The van der Waals surface area contributed by atoms with Gasteiger partial charge < -0.3 is 107 Å². The molecule has 0 fully saturated rings. The molecule has 0 aliphatic heterocycles. The monoisotopic (exact) mass is 1530 g/mol. The van der Waals surface area contributed by atoms with Crippen LogP contribution in [0.25, 0.3) is 0 Å². The zero-order chi connectivity index (χ0) is 83.3. The summed E-state index contributed by atoms with van der Waals surface area (Å²) in [5.74, 6) is -0.0762. The van der Waals surface area contributed by atoms with Gasteiger partial charge in [-0.3, -0.25) is 29.4 Å². The summed E-state index contributed by atoms with van der Waals surface area (Å²) in [5.41, 5.74) is 42.7. The van der Waals surface area contributed by atoms with Crippen molar-refractivity contribution in [1.29, 1.82) is 0 Å². The number of nitrogens with two attached hydrogens (primary N) is 8. The zero-order valence-corrected chi connectivity index (χ0v) is 72.6. The highest BCUT2D eigenvalue weighted by Crippen LogP contribution is 2.32. The van der Waals surface area contributed by atoms with E-state index in [0.717, 1.165) is 0 Å². The largest absolute Gasteiger partial charge is 0.392 e. The Morgan fingerprint density at radius 3 is 0.500 bits per heavy atom. The summed E-state index contributed by atoms with van der Waals surface area (Å²) in [7, 11) is 0. The van der Waals surface area contributed by atoms with Crippen LogP contribution in [0.1, 0.15) is 270 Å². The Kier molecular flexibility index (Phi) is 43.2. The van der Waals surface area contributed by atoms with Crippen LogP contribution in [0.5, 0.6) is 0 Å². The average Bonchev–Trinajstić information content (AvgIpc) is 0.844. The highest BCUT2D eigenvalue weighted by Gasteiger charge is 2.41. The molecule has 0 aliphatic rings. The maximum absolute atomic E-state index is 12.6. The SMILES string of the molecule is CCC(CC(C)CN(CC(O)CC(C)(C)N(CC(O)CC(C)(C)N)CC(O)CC(C)(C)N)CC(O)CC(C)(C)N(CC(O)CC(C)(C)N)CC(O)CC(C)(C)N)CN(CC(O)CC(C)(C)N(CC(O)CC(C)(C)N)CC(O)CC(C)(C)N)CC(O)CC(C)(C)N(CC(O)CC(C)(C)N)CC(O)CC(C)(C)N. The molecule has 106 heavy (non-hydrogen) atoms. The van der Waals surface area contributed by atoms with E-state index in [2.05, 4.69) is 23.6 Å². The van der Waals surface area contributed by atoms with Crippen molar-refractivity contribution in [1.82, 2.24) is 29.4 Å². The predicted octanol–water partition coefficient (Wildman–Crippen LogP) is 2.88. The third-order valence-electron chi connectivity index (χ3n) is 20.2. The molecule has 0 saturated heterocycles.